The molecule has 1 nitrogen and oxygen atoms in total. The first-order valence-corrected chi connectivity index (χ1v) is 5.29. The van der Waals surface area contributed by atoms with Crippen LogP contribution >= 0.6 is 0 Å². The zero-order chi connectivity index (χ0) is 10.5. The molecule has 1 heteroatoms. The molecule has 2 atom stereocenters. The topological polar surface area (TPSA) is 20.2 Å². The summed E-state index contributed by atoms with van der Waals surface area (Å²) in [7, 11) is 0. The minimum Gasteiger partial charge on any atom is -0.390 e. The summed E-state index contributed by atoms with van der Waals surface area (Å²) in [5, 5.41) is 10.1. The molecular formula is C12H24O. The molecule has 0 fully saturated rings. The van der Waals surface area contributed by atoms with Gasteiger partial charge >= 0.3 is 0 Å². The van der Waals surface area contributed by atoms with Crippen molar-refractivity contribution in [1.82, 2.24) is 0 Å². The molecule has 0 aliphatic heterocycles. The minimum absolute atomic E-state index is 0.198. The van der Waals surface area contributed by atoms with Crippen molar-refractivity contribution < 1.29 is 5.11 Å². The van der Waals surface area contributed by atoms with E-state index in [4.69, 9.17) is 0 Å². The Morgan fingerprint density at radius 1 is 1.46 bits per heavy atom. The summed E-state index contributed by atoms with van der Waals surface area (Å²) in [4.78, 5) is 0. The van der Waals surface area contributed by atoms with Crippen LogP contribution in [0.3, 0.4) is 0 Å². The third kappa shape index (κ3) is 4.47. The van der Waals surface area contributed by atoms with Crippen molar-refractivity contribution in [2.75, 3.05) is 0 Å². The van der Waals surface area contributed by atoms with Crippen LogP contribution in [0.2, 0.25) is 0 Å². The Morgan fingerprint density at radius 3 is 2.38 bits per heavy atom. The number of hydrogen-bond donors (Lipinski definition) is 1. The molecule has 13 heavy (non-hydrogen) atoms. The Hall–Kier alpha value is -0.300. The van der Waals surface area contributed by atoms with Gasteiger partial charge in [0.2, 0.25) is 0 Å². The van der Waals surface area contributed by atoms with E-state index in [9.17, 15) is 5.11 Å². The molecule has 0 radical (unpaired) electrons. The highest BCUT2D eigenvalue weighted by Crippen LogP contribution is 2.28. The SMILES string of the molecule is C=C(C)[C@@H](C)[C@](C)(O)CCCCC. The lowest BCUT2D eigenvalue weighted by atomic mass is 9.82. The monoisotopic (exact) mass is 184 g/mol. The van der Waals surface area contributed by atoms with Gasteiger partial charge in [-0.05, 0) is 20.3 Å². The summed E-state index contributed by atoms with van der Waals surface area (Å²) in [6.45, 7) is 12.0. The summed E-state index contributed by atoms with van der Waals surface area (Å²) in [6.07, 6.45) is 4.41. The van der Waals surface area contributed by atoms with Crippen molar-refractivity contribution in [3.05, 3.63) is 12.2 Å². The van der Waals surface area contributed by atoms with Gasteiger partial charge < -0.3 is 5.11 Å². The first kappa shape index (κ1) is 12.7. The molecule has 0 aromatic heterocycles. The summed E-state index contributed by atoms with van der Waals surface area (Å²) in [6, 6.07) is 0. The Balaban J connectivity index is 3.98. The molecule has 0 spiro atoms. The van der Waals surface area contributed by atoms with Gasteiger partial charge in [0.15, 0.2) is 0 Å². The van der Waals surface area contributed by atoms with Gasteiger partial charge in [-0.25, -0.2) is 0 Å². The lowest BCUT2D eigenvalue weighted by Crippen LogP contribution is -2.33. The number of hydrogen-bond acceptors (Lipinski definition) is 1. The van der Waals surface area contributed by atoms with E-state index in [0.29, 0.717) is 0 Å². The van der Waals surface area contributed by atoms with Crippen molar-refractivity contribution in [1.29, 1.82) is 0 Å². The van der Waals surface area contributed by atoms with E-state index in [1.54, 1.807) is 0 Å². The molecule has 0 aromatic carbocycles. The largest absolute Gasteiger partial charge is 0.390 e. The molecule has 0 aromatic rings. The summed E-state index contributed by atoms with van der Waals surface area (Å²) in [5.74, 6) is 0.198. The van der Waals surface area contributed by atoms with E-state index in [2.05, 4.69) is 13.5 Å². The van der Waals surface area contributed by atoms with E-state index >= 15 is 0 Å². The Morgan fingerprint density at radius 2 is 2.00 bits per heavy atom. The molecule has 0 heterocycles. The zero-order valence-corrected chi connectivity index (χ0v) is 9.56. The molecule has 0 unspecified atom stereocenters. The van der Waals surface area contributed by atoms with Gasteiger partial charge in [-0.2, -0.15) is 0 Å². The maximum atomic E-state index is 10.1. The molecule has 0 bridgehead atoms. The van der Waals surface area contributed by atoms with Crippen LogP contribution < -0.4 is 0 Å². The quantitative estimate of drug-likeness (QED) is 0.494. The van der Waals surface area contributed by atoms with E-state index in [1.807, 2.05) is 20.8 Å². The highest BCUT2D eigenvalue weighted by Gasteiger charge is 2.27. The average molecular weight is 184 g/mol. The average Bonchev–Trinajstić information content (AvgIpc) is 2.03. The molecule has 0 saturated carbocycles. The molecule has 78 valence electrons. The van der Waals surface area contributed by atoms with Gasteiger partial charge in [0.1, 0.15) is 0 Å². The van der Waals surface area contributed by atoms with Crippen LogP contribution in [0.15, 0.2) is 12.2 Å². The van der Waals surface area contributed by atoms with Crippen LogP contribution in [-0.2, 0) is 0 Å². The predicted molar refractivity (Wildman–Crippen MR) is 58.7 cm³/mol. The second-order valence-corrected chi connectivity index (χ2v) is 4.38. The number of aliphatic hydroxyl groups is 1. The van der Waals surface area contributed by atoms with E-state index in [0.717, 1.165) is 18.4 Å². The fourth-order valence-electron chi connectivity index (χ4n) is 1.48. The van der Waals surface area contributed by atoms with Crippen LogP contribution in [0, 0.1) is 5.92 Å². The maximum absolute atomic E-state index is 10.1. The van der Waals surface area contributed by atoms with Crippen LogP contribution in [0.1, 0.15) is 53.4 Å². The number of rotatable bonds is 6. The normalized spacial score (nSPS) is 17.9. The van der Waals surface area contributed by atoms with Crippen LogP contribution in [0.25, 0.3) is 0 Å². The fraction of sp³-hybridized carbons (Fsp3) is 0.833. The van der Waals surface area contributed by atoms with E-state index < -0.39 is 5.60 Å². The third-order valence-electron chi connectivity index (χ3n) is 2.96. The zero-order valence-electron chi connectivity index (χ0n) is 9.56. The van der Waals surface area contributed by atoms with Gasteiger partial charge in [0.25, 0.3) is 0 Å². The van der Waals surface area contributed by atoms with Crippen molar-refractivity contribution >= 4 is 0 Å². The molecule has 0 aliphatic carbocycles. The standard InChI is InChI=1S/C12H24O/c1-6-7-8-9-12(5,13)11(4)10(2)3/h11,13H,2,6-9H2,1,3-5H3/t11-,12-/m1/s1. The fourth-order valence-corrected chi connectivity index (χ4v) is 1.48. The smallest absolute Gasteiger partial charge is 0.0681 e. The van der Waals surface area contributed by atoms with Gasteiger partial charge in [0.05, 0.1) is 5.60 Å². The molecule has 0 amide bonds. The second kappa shape index (κ2) is 5.43. The van der Waals surface area contributed by atoms with Gasteiger partial charge in [0, 0.05) is 5.92 Å². The van der Waals surface area contributed by atoms with E-state index in [-0.39, 0.29) is 5.92 Å². The molecule has 0 rings (SSSR count). The highest BCUT2D eigenvalue weighted by atomic mass is 16.3. The highest BCUT2D eigenvalue weighted by molar-refractivity contribution is 5.02. The summed E-state index contributed by atoms with van der Waals surface area (Å²) in [5.41, 5.74) is 0.502. The summed E-state index contributed by atoms with van der Waals surface area (Å²) < 4.78 is 0. The first-order valence-electron chi connectivity index (χ1n) is 5.29. The molecular weight excluding hydrogens is 160 g/mol. The van der Waals surface area contributed by atoms with Crippen LogP contribution in [-0.4, -0.2) is 10.7 Å². The maximum Gasteiger partial charge on any atom is 0.0681 e. The van der Waals surface area contributed by atoms with Crippen molar-refractivity contribution in [2.45, 2.75) is 59.0 Å². The van der Waals surface area contributed by atoms with Gasteiger partial charge in [-0.1, -0.05) is 45.3 Å². The second-order valence-electron chi connectivity index (χ2n) is 4.38. The Labute approximate surface area is 82.9 Å². The Kier molecular flexibility index (Phi) is 5.31. The molecule has 1 N–H and O–H groups in total. The molecule has 0 aliphatic rings. The van der Waals surface area contributed by atoms with Crippen molar-refractivity contribution in [2.24, 2.45) is 5.92 Å². The molecule has 0 saturated heterocycles. The summed E-state index contributed by atoms with van der Waals surface area (Å²) >= 11 is 0. The van der Waals surface area contributed by atoms with Crippen LogP contribution in [0.5, 0.6) is 0 Å². The van der Waals surface area contributed by atoms with Gasteiger partial charge in [-0.15, -0.1) is 0 Å². The minimum atomic E-state index is -0.568. The number of unbranched alkanes of at least 4 members (excludes halogenated alkanes) is 2. The lowest BCUT2D eigenvalue weighted by molar-refractivity contribution is 0.00991. The van der Waals surface area contributed by atoms with Gasteiger partial charge in [-0.3, -0.25) is 0 Å². The van der Waals surface area contributed by atoms with Crippen molar-refractivity contribution in [3.63, 3.8) is 0 Å². The predicted octanol–water partition coefficient (Wildman–Crippen LogP) is 3.53. The third-order valence-corrected chi connectivity index (χ3v) is 2.96. The Bertz CT molecular complexity index is 159. The lowest BCUT2D eigenvalue weighted by Gasteiger charge is -2.30. The van der Waals surface area contributed by atoms with Crippen molar-refractivity contribution in [3.8, 4) is 0 Å². The van der Waals surface area contributed by atoms with E-state index in [1.165, 1.54) is 12.8 Å². The first-order chi connectivity index (χ1) is 5.91. The van der Waals surface area contributed by atoms with Crippen LogP contribution in [0.4, 0.5) is 0 Å².